The van der Waals surface area contributed by atoms with E-state index in [9.17, 15) is 19.5 Å². The fourth-order valence-corrected chi connectivity index (χ4v) is 3.69. The SMILES string of the molecule is CCOC(=O)c1ccc(-n2cc(C(=O)O)c3cc(NC(=O)CCc4cccnc4)ccc32)cc1. The molecule has 8 nitrogen and oxygen atoms in total. The number of carbonyl (C=O) groups excluding carboxylic acids is 2. The standard InChI is InChI=1S/C26H23N3O5/c1-2-34-26(33)18-6-9-20(10-7-18)29-16-22(25(31)32)21-14-19(8-11-23(21)29)28-24(30)12-5-17-4-3-13-27-15-17/h3-4,6-11,13-16H,2,5,12H2,1H3,(H,28,30)(H,31,32). The molecule has 2 aromatic heterocycles. The van der Waals surface area contributed by atoms with Crippen LogP contribution in [0.25, 0.3) is 16.6 Å². The number of benzene rings is 2. The molecule has 0 bridgehead atoms. The summed E-state index contributed by atoms with van der Waals surface area (Å²) in [5.41, 5.74) is 3.36. The quantitative estimate of drug-likeness (QED) is 0.378. The van der Waals surface area contributed by atoms with Gasteiger partial charge in [-0.15, -0.1) is 0 Å². The van der Waals surface area contributed by atoms with E-state index in [2.05, 4.69) is 10.3 Å². The number of anilines is 1. The highest BCUT2D eigenvalue weighted by molar-refractivity contribution is 6.06. The van der Waals surface area contributed by atoms with Gasteiger partial charge in [-0.1, -0.05) is 6.07 Å². The van der Waals surface area contributed by atoms with Crippen LogP contribution >= 0.6 is 0 Å². The zero-order chi connectivity index (χ0) is 24.1. The number of carboxylic acids is 1. The number of ether oxygens (including phenoxy) is 1. The zero-order valence-electron chi connectivity index (χ0n) is 18.5. The minimum Gasteiger partial charge on any atom is -0.478 e. The van der Waals surface area contributed by atoms with Crippen LogP contribution in [-0.2, 0) is 16.0 Å². The second-order valence-corrected chi connectivity index (χ2v) is 7.63. The van der Waals surface area contributed by atoms with E-state index in [0.29, 0.717) is 34.3 Å². The number of pyridine rings is 1. The number of nitrogens with one attached hydrogen (secondary N) is 1. The van der Waals surface area contributed by atoms with Crippen LogP contribution < -0.4 is 5.32 Å². The average molecular weight is 457 g/mol. The number of aromatic carboxylic acids is 1. The smallest absolute Gasteiger partial charge is 0.338 e. The van der Waals surface area contributed by atoms with Crippen molar-refractivity contribution in [3.05, 3.63) is 89.9 Å². The molecule has 4 rings (SSSR count). The molecular formula is C26H23N3O5. The third-order valence-corrected chi connectivity index (χ3v) is 5.34. The largest absolute Gasteiger partial charge is 0.478 e. The Hall–Kier alpha value is -4.46. The summed E-state index contributed by atoms with van der Waals surface area (Å²) < 4.78 is 6.74. The molecule has 0 atom stereocenters. The van der Waals surface area contributed by atoms with Crippen LogP contribution in [0, 0.1) is 0 Å². The lowest BCUT2D eigenvalue weighted by Crippen LogP contribution is -2.12. The van der Waals surface area contributed by atoms with Gasteiger partial charge in [-0.25, -0.2) is 9.59 Å². The second-order valence-electron chi connectivity index (χ2n) is 7.63. The molecule has 172 valence electrons. The van der Waals surface area contributed by atoms with E-state index in [0.717, 1.165) is 5.56 Å². The summed E-state index contributed by atoms with van der Waals surface area (Å²) >= 11 is 0. The van der Waals surface area contributed by atoms with Crippen LogP contribution in [0.15, 0.2) is 73.2 Å². The lowest BCUT2D eigenvalue weighted by Gasteiger charge is -2.09. The number of nitrogens with zero attached hydrogens (tertiary/aromatic N) is 2. The third kappa shape index (κ3) is 4.96. The molecule has 0 aliphatic carbocycles. The Balaban J connectivity index is 1.58. The highest BCUT2D eigenvalue weighted by Gasteiger charge is 2.17. The van der Waals surface area contributed by atoms with Gasteiger partial charge in [-0.2, -0.15) is 0 Å². The summed E-state index contributed by atoms with van der Waals surface area (Å²) in [5, 5.41) is 13.1. The predicted octanol–water partition coefficient (Wildman–Crippen LogP) is 4.47. The summed E-state index contributed by atoms with van der Waals surface area (Å²) in [6.45, 7) is 2.02. The van der Waals surface area contributed by atoms with Gasteiger partial charge in [0.2, 0.25) is 5.91 Å². The van der Waals surface area contributed by atoms with Gasteiger partial charge in [0.15, 0.2) is 0 Å². The number of aromatic nitrogens is 2. The highest BCUT2D eigenvalue weighted by Crippen LogP contribution is 2.28. The fraction of sp³-hybridized carbons (Fsp3) is 0.154. The molecule has 8 heteroatoms. The van der Waals surface area contributed by atoms with E-state index >= 15 is 0 Å². The minimum absolute atomic E-state index is 0.107. The molecule has 34 heavy (non-hydrogen) atoms. The minimum atomic E-state index is -1.08. The van der Waals surface area contributed by atoms with E-state index in [4.69, 9.17) is 4.74 Å². The van der Waals surface area contributed by atoms with Gasteiger partial charge in [-0.05, 0) is 67.4 Å². The Morgan fingerprint density at radius 3 is 2.56 bits per heavy atom. The Bertz CT molecular complexity index is 1340. The molecule has 0 saturated heterocycles. The van der Waals surface area contributed by atoms with Gasteiger partial charge in [-0.3, -0.25) is 9.78 Å². The van der Waals surface area contributed by atoms with Gasteiger partial charge < -0.3 is 19.7 Å². The van der Waals surface area contributed by atoms with Crippen LogP contribution in [0.1, 0.15) is 39.6 Å². The Labute approximate surface area is 195 Å². The molecule has 4 aromatic rings. The van der Waals surface area contributed by atoms with Crippen molar-refractivity contribution in [2.24, 2.45) is 0 Å². The number of amides is 1. The maximum absolute atomic E-state index is 12.4. The number of hydrogen-bond donors (Lipinski definition) is 2. The molecule has 0 spiro atoms. The van der Waals surface area contributed by atoms with Crippen LogP contribution in [0.5, 0.6) is 0 Å². The number of fused-ring (bicyclic) bond motifs is 1. The van der Waals surface area contributed by atoms with Crippen molar-refractivity contribution in [2.75, 3.05) is 11.9 Å². The molecule has 0 aliphatic heterocycles. The fourth-order valence-electron chi connectivity index (χ4n) is 3.69. The van der Waals surface area contributed by atoms with E-state index in [-0.39, 0.29) is 24.5 Å². The maximum Gasteiger partial charge on any atom is 0.338 e. The molecule has 1 amide bonds. The average Bonchev–Trinajstić information content (AvgIpc) is 3.23. The van der Waals surface area contributed by atoms with Crippen LogP contribution in [0.2, 0.25) is 0 Å². The molecule has 0 unspecified atom stereocenters. The van der Waals surface area contributed by atoms with Crippen molar-refractivity contribution in [1.82, 2.24) is 9.55 Å². The van der Waals surface area contributed by atoms with E-state index < -0.39 is 11.9 Å². The Morgan fingerprint density at radius 1 is 1.09 bits per heavy atom. The number of esters is 1. The molecular weight excluding hydrogens is 434 g/mol. The topological polar surface area (TPSA) is 111 Å². The second kappa shape index (κ2) is 9.99. The third-order valence-electron chi connectivity index (χ3n) is 5.34. The van der Waals surface area contributed by atoms with Crippen molar-refractivity contribution in [1.29, 1.82) is 0 Å². The lowest BCUT2D eigenvalue weighted by atomic mass is 10.1. The van der Waals surface area contributed by atoms with Gasteiger partial charge in [0, 0.05) is 41.8 Å². The first-order valence-corrected chi connectivity index (χ1v) is 10.8. The van der Waals surface area contributed by atoms with E-state index in [1.54, 1.807) is 66.3 Å². The highest BCUT2D eigenvalue weighted by atomic mass is 16.5. The Kier molecular flexibility index (Phi) is 6.68. The van der Waals surface area contributed by atoms with Crippen molar-refractivity contribution >= 4 is 34.4 Å². The molecule has 0 fully saturated rings. The van der Waals surface area contributed by atoms with Crippen LogP contribution in [-0.4, -0.2) is 39.1 Å². The van der Waals surface area contributed by atoms with Gasteiger partial charge in [0.05, 0.1) is 23.3 Å². The number of aryl methyl sites for hydroxylation is 1. The van der Waals surface area contributed by atoms with Gasteiger partial charge in [0.25, 0.3) is 0 Å². The number of hydrogen-bond acceptors (Lipinski definition) is 5. The number of carbonyl (C=O) groups is 3. The van der Waals surface area contributed by atoms with Crippen molar-refractivity contribution < 1.29 is 24.2 Å². The maximum atomic E-state index is 12.4. The number of rotatable bonds is 8. The molecule has 0 radical (unpaired) electrons. The first-order chi connectivity index (χ1) is 16.5. The van der Waals surface area contributed by atoms with Crippen molar-refractivity contribution in [3.63, 3.8) is 0 Å². The van der Waals surface area contributed by atoms with Gasteiger partial charge >= 0.3 is 11.9 Å². The molecule has 0 saturated carbocycles. The van der Waals surface area contributed by atoms with E-state index in [1.165, 1.54) is 6.20 Å². The first-order valence-electron chi connectivity index (χ1n) is 10.8. The van der Waals surface area contributed by atoms with Crippen LogP contribution in [0.4, 0.5) is 5.69 Å². The van der Waals surface area contributed by atoms with Crippen molar-refractivity contribution in [3.8, 4) is 5.69 Å². The van der Waals surface area contributed by atoms with E-state index in [1.807, 2.05) is 12.1 Å². The van der Waals surface area contributed by atoms with Crippen LogP contribution in [0.3, 0.4) is 0 Å². The molecule has 2 aromatic carbocycles. The summed E-state index contributed by atoms with van der Waals surface area (Å²) in [6.07, 6.45) is 5.77. The zero-order valence-corrected chi connectivity index (χ0v) is 18.5. The molecule has 0 aliphatic rings. The Morgan fingerprint density at radius 2 is 1.88 bits per heavy atom. The summed E-state index contributed by atoms with van der Waals surface area (Å²) in [7, 11) is 0. The first kappa shape index (κ1) is 22.7. The van der Waals surface area contributed by atoms with Gasteiger partial charge in [0.1, 0.15) is 0 Å². The summed E-state index contributed by atoms with van der Waals surface area (Å²) in [5.74, 6) is -1.66. The summed E-state index contributed by atoms with van der Waals surface area (Å²) in [4.78, 5) is 40.3. The monoisotopic (exact) mass is 457 g/mol. The molecule has 2 heterocycles. The number of carboxylic acid groups (broad SMARTS) is 1. The predicted molar refractivity (Wildman–Crippen MR) is 127 cm³/mol. The lowest BCUT2D eigenvalue weighted by molar-refractivity contribution is -0.116. The summed E-state index contributed by atoms with van der Waals surface area (Å²) in [6, 6.07) is 15.6. The van der Waals surface area contributed by atoms with Crippen molar-refractivity contribution in [2.45, 2.75) is 19.8 Å². The molecule has 2 N–H and O–H groups in total. The normalized spacial score (nSPS) is 10.7.